The van der Waals surface area contributed by atoms with Gasteiger partial charge in [-0.25, -0.2) is 4.98 Å². The molecule has 0 aliphatic rings. The van der Waals surface area contributed by atoms with Crippen LogP contribution < -0.4 is 4.74 Å². The summed E-state index contributed by atoms with van der Waals surface area (Å²) in [6.07, 6.45) is 0.821. The zero-order valence-corrected chi connectivity index (χ0v) is 16.4. The first-order valence-corrected chi connectivity index (χ1v) is 9.59. The van der Waals surface area contributed by atoms with E-state index in [2.05, 4.69) is 32.6 Å². The summed E-state index contributed by atoms with van der Waals surface area (Å²) >= 11 is 1.67. The van der Waals surface area contributed by atoms with Gasteiger partial charge in [0.1, 0.15) is 22.7 Å². The van der Waals surface area contributed by atoms with Crippen LogP contribution in [0.5, 0.6) is 11.6 Å². The van der Waals surface area contributed by atoms with E-state index in [9.17, 15) is 4.79 Å². The Bertz CT molecular complexity index is 915. The molecule has 2 aromatic heterocycles. The van der Waals surface area contributed by atoms with Crippen LogP contribution in [0.15, 0.2) is 24.3 Å². The number of aryl methyl sites for hydroxylation is 2. The number of aldehydes is 1. The molecule has 2 heterocycles. The van der Waals surface area contributed by atoms with Crippen molar-refractivity contribution in [2.24, 2.45) is 0 Å². The fourth-order valence-electron chi connectivity index (χ4n) is 2.77. The molecule has 0 aliphatic carbocycles. The number of rotatable bonds is 7. The van der Waals surface area contributed by atoms with E-state index in [-0.39, 0.29) is 0 Å². The summed E-state index contributed by atoms with van der Waals surface area (Å²) in [5.74, 6) is 2.01. The second-order valence-electron chi connectivity index (χ2n) is 6.16. The number of fused-ring (bicyclic) bond motifs is 1. The molecular formula is C20H23N3O2S. The molecule has 0 bridgehead atoms. The number of thiophene rings is 1. The van der Waals surface area contributed by atoms with Gasteiger partial charge < -0.3 is 4.74 Å². The molecule has 0 atom stereocenters. The first kappa shape index (κ1) is 18.5. The van der Waals surface area contributed by atoms with Gasteiger partial charge in [0.05, 0.1) is 11.9 Å². The summed E-state index contributed by atoms with van der Waals surface area (Å²) in [4.78, 5) is 24.8. The van der Waals surface area contributed by atoms with E-state index in [1.165, 1.54) is 4.88 Å². The topological polar surface area (TPSA) is 55.3 Å². The van der Waals surface area contributed by atoms with Crippen molar-refractivity contribution in [2.75, 3.05) is 13.1 Å². The Morgan fingerprint density at radius 1 is 1.12 bits per heavy atom. The van der Waals surface area contributed by atoms with Gasteiger partial charge in [0.15, 0.2) is 0 Å². The molecule has 136 valence electrons. The minimum absolute atomic E-state index is 0.581. The molecule has 0 radical (unpaired) electrons. The van der Waals surface area contributed by atoms with Crippen LogP contribution in [0.3, 0.4) is 0 Å². The number of hydrogen-bond donors (Lipinski definition) is 0. The third-order valence-electron chi connectivity index (χ3n) is 4.53. The molecule has 6 heteroatoms. The minimum atomic E-state index is 0.581. The summed E-state index contributed by atoms with van der Waals surface area (Å²) in [6.45, 7) is 11.0. The summed E-state index contributed by atoms with van der Waals surface area (Å²) in [5, 5.41) is 0.968. The first-order chi connectivity index (χ1) is 12.5. The molecule has 26 heavy (non-hydrogen) atoms. The normalized spacial score (nSPS) is 11.3. The second-order valence-corrected chi connectivity index (χ2v) is 7.36. The molecule has 0 fully saturated rings. The maximum Gasteiger partial charge on any atom is 0.231 e. The molecule has 0 amide bonds. The molecule has 0 aliphatic heterocycles. The smallest absolute Gasteiger partial charge is 0.231 e. The van der Waals surface area contributed by atoms with Gasteiger partial charge in [-0.1, -0.05) is 13.8 Å². The number of hydrogen-bond acceptors (Lipinski definition) is 6. The van der Waals surface area contributed by atoms with E-state index in [1.54, 1.807) is 35.6 Å². The molecule has 3 aromatic rings. The fraction of sp³-hybridized carbons (Fsp3) is 0.350. The number of ether oxygens (including phenoxy) is 1. The average molecular weight is 369 g/mol. The number of aromatic nitrogens is 2. The van der Waals surface area contributed by atoms with Crippen molar-refractivity contribution in [3.05, 3.63) is 46.1 Å². The lowest BCUT2D eigenvalue weighted by molar-refractivity contribution is 0.112. The quantitative estimate of drug-likeness (QED) is 0.562. The largest absolute Gasteiger partial charge is 0.438 e. The van der Waals surface area contributed by atoms with E-state index < -0.39 is 0 Å². The zero-order chi connectivity index (χ0) is 18.7. The number of nitrogens with zero attached hydrogens (tertiary/aromatic N) is 3. The van der Waals surface area contributed by atoms with Gasteiger partial charge in [-0.2, -0.15) is 4.98 Å². The highest BCUT2D eigenvalue weighted by Gasteiger charge is 2.17. The summed E-state index contributed by atoms with van der Waals surface area (Å²) in [7, 11) is 0. The van der Waals surface area contributed by atoms with Crippen LogP contribution >= 0.6 is 11.3 Å². The van der Waals surface area contributed by atoms with Crippen LogP contribution in [-0.2, 0) is 6.54 Å². The monoisotopic (exact) mass is 369 g/mol. The van der Waals surface area contributed by atoms with Crippen LogP contribution in [0.1, 0.15) is 40.5 Å². The van der Waals surface area contributed by atoms with Gasteiger partial charge >= 0.3 is 0 Å². The molecule has 5 nitrogen and oxygen atoms in total. The van der Waals surface area contributed by atoms with Crippen LogP contribution in [0, 0.1) is 13.8 Å². The predicted molar refractivity (Wildman–Crippen MR) is 105 cm³/mol. The van der Waals surface area contributed by atoms with E-state index >= 15 is 0 Å². The maximum absolute atomic E-state index is 10.8. The van der Waals surface area contributed by atoms with Crippen molar-refractivity contribution in [1.29, 1.82) is 0 Å². The van der Waals surface area contributed by atoms with Crippen molar-refractivity contribution < 1.29 is 9.53 Å². The SMILES string of the molecule is CCN(CC)Cc1nc(Oc2ccc(C=O)cc2)c2c(C)c(C)sc2n1. The fourth-order valence-corrected chi connectivity index (χ4v) is 3.81. The van der Waals surface area contributed by atoms with Crippen molar-refractivity contribution in [3.63, 3.8) is 0 Å². The van der Waals surface area contributed by atoms with E-state index in [4.69, 9.17) is 14.7 Å². The summed E-state index contributed by atoms with van der Waals surface area (Å²) in [6, 6.07) is 7.05. The van der Waals surface area contributed by atoms with Crippen molar-refractivity contribution in [2.45, 2.75) is 34.2 Å². The average Bonchev–Trinajstić information content (AvgIpc) is 2.94. The lowest BCUT2D eigenvalue weighted by Gasteiger charge is -2.17. The third-order valence-corrected chi connectivity index (χ3v) is 5.63. The number of carbonyl (C=O) groups excluding carboxylic acids is 1. The van der Waals surface area contributed by atoms with Gasteiger partial charge in [-0.3, -0.25) is 9.69 Å². The number of carbonyl (C=O) groups is 1. The Labute approximate surface area is 157 Å². The Balaban J connectivity index is 2.03. The highest BCUT2D eigenvalue weighted by Crippen LogP contribution is 2.36. The maximum atomic E-state index is 10.8. The summed E-state index contributed by atoms with van der Waals surface area (Å²) in [5.41, 5.74) is 1.77. The number of benzene rings is 1. The Kier molecular flexibility index (Phi) is 5.64. The van der Waals surface area contributed by atoms with Gasteiger partial charge in [0, 0.05) is 10.4 Å². The molecule has 0 saturated heterocycles. The second kappa shape index (κ2) is 7.93. The predicted octanol–water partition coefficient (Wildman–Crippen LogP) is 4.75. The lowest BCUT2D eigenvalue weighted by atomic mass is 10.2. The van der Waals surface area contributed by atoms with Crippen LogP contribution in [0.2, 0.25) is 0 Å². The molecule has 0 unspecified atom stereocenters. The molecule has 0 N–H and O–H groups in total. The zero-order valence-electron chi connectivity index (χ0n) is 15.6. The Hall–Kier alpha value is -2.31. The minimum Gasteiger partial charge on any atom is -0.438 e. The summed E-state index contributed by atoms with van der Waals surface area (Å²) < 4.78 is 6.10. The molecule has 1 aromatic carbocycles. The van der Waals surface area contributed by atoms with Crippen LogP contribution in [-0.4, -0.2) is 34.2 Å². The van der Waals surface area contributed by atoms with E-state index in [1.807, 2.05) is 0 Å². The van der Waals surface area contributed by atoms with Gasteiger partial charge in [0.25, 0.3) is 0 Å². The van der Waals surface area contributed by atoms with Gasteiger partial charge in [0.2, 0.25) is 5.88 Å². The van der Waals surface area contributed by atoms with E-state index in [0.29, 0.717) is 23.7 Å². The van der Waals surface area contributed by atoms with E-state index in [0.717, 1.165) is 41.0 Å². The first-order valence-electron chi connectivity index (χ1n) is 8.77. The lowest BCUT2D eigenvalue weighted by Crippen LogP contribution is -2.23. The molecule has 3 rings (SSSR count). The Morgan fingerprint density at radius 3 is 2.42 bits per heavy atom. The third kappa shape index (κ3) is 3.76. The van der Waals surface area contributed by atoms with Crippen molar-refractivity contribution in [1.82, 2.24) is 14.9 Å². The molecular weight excluding hydrogens is 346 g/mol. The molecule has 0 spiro atoms. The Morgan fingerprint density at radius 2 is 1.81 bits per heavy atom. The standard InChI is InChI=1S/C20H23N3O2S/c1-5-23(6-2)11-17-21-19(18-13(3)14(4)26-20(18)22-17)25-16-9-7-15(12-24)8-10-16/h7-10,12H,5-6,11H2,1-4H3. The van der Waals surface area contributed by atoms with Crippen molar-refractivity contribution in [3.8, 4) is 11.6 Å². The molecule has 0 saturated carbocycles. The highest BCUT2D eigenvalue weighted by molar-refractivity contribution is 7.18. The van der Waals surface area contributed by atoms with Crippen molar-refractivity contribution >= 4 is 27.8 Å². The van der Waals surface area contributed by atoms with Crippen LogP contribution in [0.4, 0.5) is 0 Å². The van der Waals surface area contributed by atoms with Crippen LogP contribution in [0.25, 0.3) is 10.2 Å². The highest BCUT2D eigenvalue weighted by atomic mass is 32.1. The van der Waals surface area contributed by atoms with Gasteiger partial charge in [-0.15, -0.1) is 11.3 Å². The van der Waals surface area contributed by atoms with Gasteiger partial charge in [-0.05, 0) is 56.8 Å².